The van der Waals surface area contributed by atoms with Crippen LogP contribution in [0.5, 0.6) is 0 Å². The van der Waals surface area contributed by atoms with Crippen LogP contribution in [0.3, 0.4) is 0 Å². The number of rotatable bonds is 4. The van der Waals surface area contributed by atoms with Crippen molar-refractivity contribution >= 4 is 22.4 Å². The third-order valence-corrected chi connectivity index (χ3v) is 8.07. The van der Waals surface area contributed by atoms with Gasteiger partial charge in [-0.15, -0.1) is 10.2 Å². The molecule has 0 spiro atoms. The van der Waals surface area contributed by atoms with E-state index in [-0.39, 0.29) is 11.3 Å². The Morgan fingerprint density at radius 3 is 2.46 bits per heavy atom. The maximum absolute atomic E-state index is 12.5. The summed E-state index contributed by atoms with van der Waals surface area (Å²) in [5.41, 5.74) is 1.75. The van der Waals surface area contributed by atoms with Crippen LogP contribution in [0.4, 0.5) is 5.13 Å². The number of anilines is 1. The quantitative estimate of drug-likeness (QED) is 0.857. The zero-order valence-electron chi connectivity index (χ0n) is 14.7. The first-order chi connectivity index (χ1) is 12.7. The van der Waals surface area contributed by atoms with E-state index in [2.05, 4.69) is 25.7 Å². The number of aromatic nitrogens is 4. The molecule has 136 valence electrons. The van der Waals surface area contributed by atoms with Gasteiger partial charge in [-0.25, -0.2) is 0 Å². The van der Waals surface area contributed by atoms with Crippen LogP contribution in [0.15, 0.2) is 6.07 Å². The highest BCUT2D eigenvalue weighted by Crippen LogP contribution is 2.61. The van der Waals surface area contributed by atoms with E-state index < -0.39 is 0 Å². The number of carbonyl (C=O) groups is 1. The average Bonchev–Trinajstić information content (AvgIpc) is 3.14. The monoisotopic (exact) mass is 369 g/mol. The second kappa shape index (κ2) is 5.38. The van der Waals surface area contributed by atoms with Gasteiger partial charge in [0, 0.05) is 17.0 Å². The standard InChI is InChI=1S/C19H23N5OS/c25-16(15-6-14(21-22-15)13-1-2-13)20-18-24-23-17(26-18)19-7-10-3-11(8-19)5-12(4-10)9-19/h6,10-13H,1-5,7-9H2,(H,21,22)(H,20,24,25). The Labute approximate surface area is 156 Å². The molecule has 0 aromatic carbocycles. The maximum Gasteiger partial charge on any atom is 0.277 e. The number of nitrogens with zero attached hydrogens (tertiary/aromatic N) is 3. The molecular formula is C19H23N5OS. The minimum atomic E-state index is -0.193. The molecule has 0 unspecified atom stereocenters. The van der Waals surface area contributed by atoms with Crippen molar-refractivity contribution in [3.63, 3.8) is 0 Å². The normalized spacial score (nSPS) is 35.0. The van der Waals surface area contributed by atoms with Gasteiger partial charge in [-0.1, -0.05) is 11.3 Å². The largest absolute Gasteiger partial charge is 0.295 e. The molecule has 1 amide bonds. The molecule has 6 nitrogen and oxygen atoms in total. The maximum atomic E-state index is 12.5. The molecule has 4 bridgehead atoms. The number of carbonyl (C=O) groups excluding carboxylic acids is 1. The van der Waals surface area contributed by atoms with Gasteiger partial charge in [-0.05, 0) is 75.2 Å². The molecule has 0 saturated heterocycles. The van der Waals surface area contributed by atoms with Crippen molar-refractivity contribution in [3.05, 3.63) is 22.5 Å². The Kier molecular flexibility index (Phi) is 3.17. The molecule has 5 saturated carbocycles. The van der Waals surface area contributed by atoms with Crippen molar-refractivity contribution in [1.29, 1.82) is 0 Å². The van der Waals surface area contributed by atoms with E-state index in [1.54, 1.807) is 11.3 Å². The second-order valence-corrected chi connectivity index (χ2v) is 10.0. The highest BCUT2D eigenvalue weighted by Gasteiger charge is 2.53. The lowest BCUT2D eigenvalue weighted by molar-refractivity contribution is -0.00555. The minimum Gasteiger partial charge on any atom is -0.295 e. The van der Waals surface area contributed by atoms with E-state index in [0.29, 0.717) is 16.7 Å². The molecule has 7 rings (SSSR count). The number of hydrogen-bond acceptors (Lipinski definition) is 5. The van der Waals surface area contributed by atoms with Gasteiger partial charge in [-0.2, -0.15) is 5.10 Å². The molecule has 2 aromatic rings. The predicted octanol–water partition coefficient (Wildman–Crippen LogP) is 3.86. The molecule has 2 N–H and O–H groups in total. The second-order valence-electron chi connectivity index (χ2n) is 9.05. The molecule has 2 aromatic heterocycles. The highest BCUT2D eigenvalue weighted by molar-refractivity contribution is 7.15. The van der Waals surface area contributed by atoms with Crippen LogP contribution in [0.1, 0.15) is 78.5 Å². The first-order valence-electron chi connectivity index (χ1n) is 9.87. The molecule has 0 atom stereocenters. The van der Waals surface area contributed by atoms with E-state index in [1.165, 1.54) is 51.4 Å². The van der Waals surface area contributed by atoms with E-state index in [1.807, 2.05) is 6.07 Å². The lowest BCUT2D eigenvalue weighted by Gasteiger charge is -2.55. The summed E-state index contributed by atoms with van der Waals surface area (Å²) in [6.07, 6.45) is 10.4. The molecular weight excluding hydrogens is 346 g/mol. The summed E-state index contributed by atoms with van der Waals surface area (Å²) in [6.45, 7) is 0. The summed E-state index contributed by atoms with van der Waals surface area (Å²) in [6, 6.07) is 1.87. The summed E-state index contributed by atoms with van der Waals surface area (Å²) < 4.78 is 0. The van der Waals surface area contributed by atoms with Crippen LogP contribution in [0.2, 0.25) is 0 Å². The van der Waals surface area contributed by atoms with Gasteiger partial charge < -0.3 is 0 Å². The van der Waals surface area contributed by atoms with Crippen LogP contribution in [0, 0.1) is 17.8 Å². The Balaban J connectivity index is 1.21. The fourth-order valence-corrected chi connectivity index (χ4v) is 7.03. The van der Waals surface area contributed by atoms with Gasteiger partial charge in [0.05, 0.1) is 0 Å². The first kappa shape index (κ1) is 15.3. The van der Waals surface area contributed by atoms with Crippen LogP contribution < -0.4 is 5.32 Å². The number of hydrogen-bond donors (Lipinski definition) is 2. The van der Waals surface area contributed by atoms with E-state index in [4.69, 9.17) is 0 Å². The van der Waals surface area contributed by atoms with Gasteiger partial charge in [0.15, 0.2) is 5.69 Å². The van der Waals surface area contributed by atoms with Crippen LogP contribution in [-0.4, -0.2) is 26.3 Å². The molecule has 0 aliphatic heterocycles. The van der Waals surface area contributed by atoms with Crippen molar-refractivity contribution in [2.75, 3.05) is 5.32 Å². The fraction of sp³-hybridized carbons (Fsp3) is 0.684. The minimum absolute atomic E-state index is 0.193. The molecule has 5 fully saturated rings. The molecule has 5 aliphatic rings. The summed E-state index contributed by atoms with van der Waals surface area (Å²) in [4.78, 5) is 12.5. The fourth-order valence-electron chi connectivity index (χ4n) is 6.08. The predicted molar refractivity (Wildman–Crippen MR) is 98.3 cm³/mol. The average molecular weight is 369 g/mol. The lowest BCUT2D eigenvalue weighted by Crippen LogP contribution is -2.48. The van der Waals surface area contributed by atoms with Crippen LogP contribution >= 0.6 is 11.3 Å². The van der Waals surface area contributed by atoms with Crippen LogP contribution in [0.25, 0.3) is 0 Å². The Morgan fingerprint density at radius 1 is 1.12 bits per heavy atom. The summed E-state index contributed by atoms with van der Waals surface area (Å²) in [7, 11) is 0. The summed E-state index contributed by atoms with van der Waals surface area (Å²) in [5, 5.41) is 20.6. The molecule has 5 aliphatic carbocycles. The topological polar surface area (TPSA) is 83.6 Å². The SMILES string of the molecule is O=C(Nc1nnc(C23CC4CC(CC(C4)C2)C3)s1)c1cc(C2CC2)[nH]n1. The van der Waals surface area contributed by atoms with E-state index >= 15 is 0 Å². The molecule has 7 heteroatoms. The zero-order valence-corrected chi connectivity index (χ0v) is 15.5. The van der Waals surface area contributed by atoms with Gasteiger partial charge in [-0.3, -0.25) is 15.2 Å². The Morgan fingerprint density at radius 2 is 1.81 bits per heavy atom. The number of amides is 1. The number of aromatic amines is 1. The van der Waals surface area contributed by atoms with Crippen molar-refractivity contribution in [1.82, 2.24) is 20.4 Å². The molecule has 26 heavy (non-hydrogen) atoms. The van der Waals surface area contributed by atoms with Crippen molar-refractivity contribution in [2.45, 2.75) is 62.7 Å². The van der Waals surface area contributed by atoms with Gasteiger partial charge in [0.1, 0.15) is 5.01 Å². The van der Waals surface area contributed by atoms with E-state index in [0.717, 1.165) is 28.5 Å². The summed E-state index contributed by atoms with van der Waals surface area (Å²) >= 11 is 1.58. The summed E-state index contributed by atoms with van der Waals surface area (Å²) in [5.74, 6) is 3.02. The smallest absolute Gasteiger partial charge is 0.277 e. The molecule has 0 radical (unpaired) electrons. The third-order valence-electron chi connectivity index (χ3n) is 6.98. The Bertz CT molecular complexity index is 832. The highest BCUT2D eigenvalue weighted by atomic mass is 32.1. The van der Waals surface area contributed by atoms with Crippen LogP contribution in [-0.2, 0) is 5.41 Å². The Hall–Kier alpha value is -1.76. The zero-order chi connectivity index (χ0) is 17.3. The number of H-pyrrole nitrogens is 1. The van der Waals surface area contributed by atoms with E-state index in [9.17, 15) is 4.79 Å². The number of nitrogens with one attached hydrogen (secondary N) is 2. The van der Waals surface area contributed by atoms with Crippen molar-refractivity contribution < 1.29 is 4.79 Å². The first-order valence-corrected chi connectivity index (χ1v) is 10.7. The lowest BCUT2D eigenvalue weighted by atomic mass is 9.50. The van der Waals surface area contributed by atoms with Crippen molar-refractivity contribution in [3.8, 4) is 0 Å². The van der Waals surface area contributed by atoms with Gasteiger partial charge >= 0.3 is 0 Å². The third kappa shape index (κ3) is 2.43. The van der Waals surface area contributed by atoms with Crippen molar-refractivity contribution in [2.24, 2.45) is 17.8 Å². The van der Waals surface area contributed by atoms with Gasteiger partial charge in [0.2, 0.25) is 5.13 Å². The van der Waals surface area contributed by atoms with Gasteiger partial charge in [0.25, 0.3) is 5.91 Å². The molecule has 2 heterocycles.